The minimum atomic E-state index is -0.349. The average Bonchev–Trinajstić information content (AvgIpc) is 3.19. The molecule has 1 aliphatic heterocycles. The number of fused-ring (bicyclic) bond motifs is 3. The zero-order valence-electron chi connectivity index (χ0n) is 20.1. The highest BCUT2D eigenvalue weighted by atomic mass is 35.5. The lowest BCUT2D eigenvalue weighted by Gasteiger charge is -2.35. The molecule has 1 aliphatic rings. The van der Waals surface area contributed by atoms with Crippen LogP contribution in [0.2, 0.25) is 5.02 Å². The van der Waals surface area contributed by atoms with Gasteiger partial charge in [-0.05, 0) is 68.9 Å². The van der Waals surface area contributed by atoms with Gasteiger partial charge in [-0.25, -0.2) is 4.79 Å². The fourth-order valence-corrected chi connectivity index (χ4v) is 4.66. The van der Waals surface area contributed by atoms with E-state index in [1.807, 2.05) is 68.5 Å². The number of benzene rings is 2. The molecule has 0 radical (unpaired) electrons. The van der Waals surface area contributed by atoms with Gasteiger partial charge < -0.3 is 19.5 Å². The third kappa shape index (κ3) is 4.76. The third-order valence-electron chi connectivity index (χ3n) is 6.29. The molecule has 0 bridgehead atoms. The predicted molar refractivity (Wildman–Crippen MR) is 135 cm³/mol. The summed E-state index contributed by atoms with van der Waals surface area (Å²) < 4.78 is 5.37. The van der Waals surface area contributed by atoms with Crippen LogP contribution in [-0.2, 0) is 11.2 Å². The Morgan fingerprint density at radius 3 is 2.53 bits per heavy atom. The first-order valence-electron chi connectivity index (χ1n) is 11.5. The number of aromatic nitrogens is 1. The zero-order chi connectivity index (χ0) is 24.4. The largest absolute Gasteiger partial charge is 0.450 e. The lowest BCUT2D eigenvalue weighted by Crippen LogP contribution is -2.41. The fourth-order valence-electron chi connectivity index (χ4n) is 4.49. The van der Waals surface area contributed by atoms with E-state index < -0.39 is 0 Å². The Balaban J connectivity index is 1.69. The van der Waals surface area contributed by atoms with Crippen molar-refractivity contribution in [2.45, 2.75) is 19.4 Å². The lowest BCUT2D eigenvalue weighted by molar-refractivity contribution is 0.0785. The number of rotatable bonds is 6. The molecule has 2 heterocycles. The number of ether oxygens (including phenoxy) is 1. The van der Waals surface area contributed by atoms with E-state index in [0.717, 1.165) is 34.3 Å². The SMILES string of the molecule is CCOC(=O)N1CCc2c([nH]c3ccc(Cl)cc23)C1c1ccc(C(=O)N(C)CCN(C)C)cc1. The summed E-state index contributed by atoms with van der Waals surface area (Å²) >= 11 is 6.27. The molecule has 180 valence electrons. The van der Waals surface area contributed by atoms with Gasteiger partial charge in [0.2, 0.25) is 0 Å². The van der Waals surface area contributed by atoms with E-state index in [1.165, 1.54) is 0 Å². The Morgan fingerprint density at radius 1 is 1.12 bits per heavy atom. The van der Waals surface area contributed by atoms with Crippen LogP contribution in [-0.4, -0.2) is 79.1 Å². The van der Waals surface area contributed by atoms with Gasteiger partial charge in [0.05, 0.1) is 6.61 Å². The van der Waals surface area contributed by atoms with Crippen LogP contribution >= 0.6 is 11.6 Å². The minimum absolute atomic E-state index is 0.0276. The second-order valence-electron chi connectivity index (χ2n) is 8.90. The topological polar surface area (TPSA) is 68.9 Å². The molecule has 2 amide bonds. The number of halogens is 1. The van der Waals surface area contributed by atoms with E-state index in [1.54, 1.807) is 16.7 Å². The summed E-state index contributed by atoms with van der Waals surface area (Å²) in [7, 11) is 5.78. The molecule has 0 saturated heterocycles. The van der Waals surface area contributed by atoms with Gasteiger partial charge >= 0.3 is 6.09 Å². The van der Waals surface area contributed by atoms with Crippen LogP contribution in [0.4, 0.5) is 4.79 Å². The Bertz CT molecular complexity index is 1190. The van der Waals surface area contributed by atoms with Crippen molar-refractivity contribution in [2.75, 3.05) is 47.4 Å². The molecule has 34 heavy (non-hydrogen) atoms. The van der Waals surface area contributed by atoms with Crippen LogP contribution in [0.1, 0.15) is 40.1 Å². The number of carbonyl (C=O) groups is 2. The molecule has 1 N–H and O–H groups in total. The molecule has 4 rings (SSSR count). The molecule has 0 spiro atoms. The van der Waals surface area contributed by atoms with E-state index in [4.69, 9.17) is 16.3 Å². The molecule has 0 aliphatic carbocycles. The van der Waals surface area contributed by atoms with E-state index in [2.05, 4.69) is 4.98 Å². The Labute approximate surface area is 205 Å². The predicted octanol–water partition coefficient (Wildman–Crippen LogP) is 4.56. The number of nitrogens with zero attached hydrogens (tertiary/aromatic N) is 3. The van der Waals surface area contributed by atoms with Crippen LogP contribution in [0.15, 0.2) is 42.5 Å². The Hall–Kier alpha value is -3.03. The van der Waals surface area contributed by atoms with Crippen molar-refractivity contribution in [3.63, 3.8) is 0 Å². The number of carbonyl (C=O) groups excluding carboxylic acids is 2. The summed E-state index contributed by atoms with van der Waals surface area (Å²) in [4.78, 5) is 34.7. The number of hydrogen-bond donors (Lipinski definition) is 1. The van der Waals surface area contributed by atoms with Gasteiger partial charge in [-0.3, -0.25) is 9.69 Å². The summed E-state index contributed by atoms with van der Waals surface area (Å²) in [5, 5.41) is 1.75. The first-order valence-corrected chi connectivity index (χ1v) is 11.9. The highest BCUT2D eigenvalue weighted by molar-refractivity contribution is 6.31. The van der Waals surface area contributed by atoms with Crippen LogP contribution < -0.4 is 0 Å². The lowest BCUT2D eigenvalue weighted by atomic mass is 9.92. The summed E-state index contributed by atoms with van der Waals surface area (Å²) in [5.41, 5.74) is 4.64. The van der Waals surface area contributed by atoms with Crippen molar-refractivity contribution in [2.24, 2.45) is 0 Å². The van der Waals surface area contributed by atoms with Crippen molar-refractivity contribution >= 4 is 34.5 Å². The summed E-state index contributed by atoms with van der Waals surface area (Å²) in [6.45, 7) is 4.09. The van der Waals surface area contributed by atoms with Crippen LogP contribution in [0.25, 0.3) is 10.9 Å². The van der Waals surface area contributed by atoms with E-state index in [9.17, 15) is 9.59 Å². The zero-order valence-corrected chi connectivity index (χ0v) is 20.9. The van der Waals surface area contributed by atoms with Gasteiger partial charge in [0.15, 0.2) is 0 Å². The van der Waals surface area contributed by atoms with Crippen LogP contribution in [0, 0.1) is 0 Å². The quantitative estimate of drug-likeness (QED) is 0.559. The van der Waals surface area contributed by atoms with Gasteiger partial charge in [-0.1, -0.05) is 23.7 Å². The normalized spacial score (nSPS) is 15.5. The number of likely N-dealkylation sites (N-methyl/N-ethyl adjacent to an activating group) is 2. The number of amides is 2. The number of hydrogen-bond acceptors (Lipinski definition) is 4. The summed E-state index contributed by atoms with van der Waals surface area (Å²) in [6.07, 6.45) is 0.358. The average molecular weight is 483 g/mol. The second-order valence-corrected chi connectivity index (χ2v) is 9.34. The van der Waals surface area contributed by atoms with Crippen molar-refractivity contribution in [3.05, 3.63) is 69.9 Å². The van der Waals surface area contributed by atoms with Crippen molar-refractivity contribution < 1.29 is 14.3 Å². The third-order valence-corrected chi connectivity index (χ3v) is 6.53. The molecule has 8 heteroatoms. The highest BCUT2D eigenvalue weighted by Gasteiger charge is 2.35. The molecular weight excluding hydrogens is 452 g/mol. The summed E-state index contributed by atoms with van der Waals surface area (Å²) in [6, 6.07) is 13.0. The standard InChI is InChI=1S/C26H31ClN4O3/c1-5-34-26(33)31-13-12-20-21-16-19(27)10-11-22(21)28-23(20)24(31)17-6-8-18(9-7-17)25(32)30(4)15-14-29(2)3/h6-11,16,24,28H,5,12-15H2,1-4H3. The highest BCUT2D eigenvalue weighted by Crippen LogP contribution is 2.39. The molecule has 1 unspecified atom stereocenters. The molecular formula is C26H31ClN4O3. The molecule has 2 aromatic carbocycles. The first kappa shape index (κ1) is 24.1. The van der Waals surface area contributed by atoms with Gasteiger partial charge in [0, 0.05) is 53.9 Å². The molecule has 1 atom stereocenters. The minimum Gasteiger partial charge on any atom is -0.450 e. The molecule has 3 aromatic rings. The number of H-pyrrole nitrogens is 1. The van der Waals surface area contributed by atoms with E-state index >= 15 is 0 Å². The molecule has 0 fully saturated rings. The van der Waals surface area contributed by atoms with Gasteiger partial charge in [-0.15, -0.1) is 0 Å². The van der Waals surface area contributed by atoms with Crippen molar-refractivity contribution in [1.82, 2.24) is 19.7 Å². The monoisotopic (exact) mass is 482 g/mol. The van der Waals surface area contributed by atoms with Crippen LogP contribution in [0.5, 0.6) is 0 Å². The van der Waals surface area contributed by atoms with E-state index in [0.29, 0.717) is 36.7 Å². The van der Waals surface area contributed by atoms with Crippen LogP contribution in [0.3, 0.4) is 0 Å². The van der Waals surface area contributed by atoms with Gasteiger partial charge in [0.1, 0.15) is 6.04 Å². The molecule has 7 nitrogen and oxygen atoms in total. The second kappa shape index (κ2) is 10.1. The van der Waals surface area contributed by atoms with E-state index in [-0.39, 0.29) is 18.0 Å². The maximum atomic E-state index is 12.9. The number of aromatic amines is 1. The Kier molecular flexibility index (Phi) is 7.14. The first-order chi connectivity index (χ1) is 16.3. The molecule has 1 aromatic heterocycles. The van der Waals surface area contributed by atoms with Gasteiger partial charge in [0.25, 0.3) is 5.91 Å². The Morgan fingerprint density at radius 2 is 1.85 bits per heavy atom. The van der Waals surface area contributed by atoms with Gasteiger partial charge in [-0.2, -0.15) is 0 Å². The smallest absolute Gasteiger partial charge is 0.410 e. The van der Waals surface area contributed by atoms with Crippen molar-refractivity contribution in [3.8, 4) is 0 Å². The maximum Gasteiger partial charge on any atom is 0.410 e. The molecule has 0 saturated carbocycles. The van der Waals surface area contributed by atoms with Crippen molar-refractivity contribution in [1.29, 1.82) is 0 Å². The number of nitrogens with one attached hydrogen (secondary N) is 1. The fraction of sp³-hybridized carbons (Fsp3) is 0.385. The maximum absolute atomic E-state index is 12.9. The summed E-state index contributed by atoms with van der Waals surface area (Å²) in [5.74, 6) is -0.0276.